The molecular formula is C24H34N4O3. The van der Waals surface area contributed by atoms with Crippen LogP contribution in [0.5, 0.6) is 11.5 Å². The van der Waals surface area contributed by atoms with Crippen LogP contribution >= 0.6 is 0 Å². The maximum Gasteiger partial charge on any atom is 0.254 e. The van der Waals surface area contributed by atoms with Gasteiger partial charge in [0, 0.05) is 57.1 Å². The summed E-state index contributed by atoms with van der Waals surface area (Å²) in [7, 11) is 5.29. The molecule has 0 N–H and O–H groups in total. The largest absolute Gasteiger partial charge is 0.493 e. The zero-order chi connectivity index (χ0) is 21.8. The molecule has 2 heterocycles. The van der Waals surface area contributed by atoms with Crippen molar-refractivity contribution in [1.29, 1.82) is 0 Å². The van der Waals surface area contributed by atoms with E-state index in [0.717, 1.165) is 37.5 Å². The minimum absolute atomic E-state index is 0.0569. The maximum atomic E-state index is 12.9. The molecule has 1 aromatic carbocycles. The number of hydrogen-bond donors (Lipinski definition) is 0. The topological polar surface area (TPSA) is 59.8 Å². The van der Waals surface area contributed by atoms with Crippen LogP contribution < -0.4 is 9.47 Å². The van der Waals surface area contributed by atoms with Gasteiger partial charge < -0.3 is 19.3 Å². The molecule has 0 radical (unpaired) electrons. The van der Waals surface area contributed by atoms with Crippen molar-refractivity contribution in [2.45, 2.75) is 57.2 Å². The minimum atomic E-state index is -0.0569. The Morgan fingerprint density at radius 1 is 1.16 bits per heavy atom. The van der Waals surface area contributed by atoms with Gasteiger partial charge in [0.25, 0.3) is 5.91 Å². The van der Waals surface area contributed by atoms with Crippen molar-refractivity contribution in [3.05, 3.63) is 41.7 Å². The first-order valence-electron chi connectivity index (χ1n) is 11.3. The molecule has 2 aromatic rings. The summed E-state index contributed by atoms with van der Waals surface area (Å²) >= 11 is 0. The first-order chi connectivity index (χ1) is 15.0. The standard InChI is InChI=1S/C24H34N4O3/c1-26(16-18-15-25-27(2)17-18)24(29)19-8-9-22(23(14-19)30-3)31-21-10-12-28(13-11-21)20-6-4-5-7-20/h8-9,14-15,17,20-21H,4-7,10-13,16H2,1-3H3. The maximum absolute atomic E-state index is 12.9. The highest BCUT2D eigenvalue weighted by atomic mass is 16.5. The van der Waals surface area contributed by atoms with E-state index < -0.39 is 0 Å². The lowest BCUT2D eigenvalue weighted by Gasteiger charge is -2.36. The molecule has 168 valence electrons. The predicted octanol–water partition coefficient (Wildman–Crippen LogP) is 3.49. The van der Waals surface area contributed by atoms with E-state index in [4.69, 9.17) is 9.47 Å². The van der Waals surface area contributed by atoms with E-state index in [1.807, 2.05) is 25.4 Å². The summed E-state index contributed by atoms with van der Waals surface area (Å²) in [5, 5.41) is 4.16. The molecule has 0 atom stereocenters. The van der Waals surface area contributed by atoms with E-state index in [0.29, 0.717) is 23.6 Å². The van der Waals surface area contributed by atoms with E-state index in [9.17, 15) is 4.79 Å². The third kappa shape index (κ3) is 5.21. The highest BCUT2D eigenvalue weighted by Crippen LogP contribution is 2.32. The number of methoxy groups -OCH3 is 1. The Hall–Kier alpha value is -2.54. The summed E-state index contributed by atoms with van der Waals surface area (Å²) in [6.45, 7) is 2.72. The lowest BCUT2D eigenvalue weighted by Crippen LogP contribution is -2.43. The molecule has 1 saturated carbocycles. The lowest BCUT2D eigenvalue weighted by molar-refractivity contribution is 0.0748. The van der Waals surface area contributed by atoms with Gasteiger partial charge in [-0.25, -0.2) is 0 Å². The van der Waals surface area contributed by atoms with Gasteiger partial charge in [-0.2, -0.15) is 5.10 Å². The van der Waals surface area contributed by atoms with Crippen LogP contribution in [0.4, 0.5) is 0 Å². The van der Waals surface area contributed by atoms with Crippen LogP contribution in [0, 0.1) is 0 Å². The molecular weight excluding hydrogens is 392 g/mol. The summed E-state index contributed by atoms with van der Waals surface area (Å²) < 4.78 is 13.6. The molecule has 0 spiro atoms. The number of benzene rings is 1. The number of carbonyl (C=O) groups is 1. The monoisotopic (exact) mass is 426 g/mol. The Bertz CT molecular complexity index is 883. The highest BCUT2D eigenvalue weighted by molar-refractivity contribution is 5.94. The molecule has 4 rings (SSSR count). The van der Waals surface area contributed by atoms with Crippen molar-refractivity contribution in [2.24, 2.45) is 7.05 Å². The average Bonchev–Trinajstić information content (AvgIpc) is 3.46. The van der Waals surface area contributed by atoms with Crippen LogP contribution in [0.3, 0.4) is 0 Å². The number of aryl methyl sites for hydroxylation is 1. The number of aromatic nitrogens is 2. The van der Waals surface area contributed by atoms with Gasteiger partial charge in [0.05, 0.1) is 13.3 Å². The van der Waals surface area contributed by atoms with E-state index in [2.05, 4.69) is 10.00 Å². The third-order valence-electron chi connectivity index (χ3n) is 6.55. The molecule has 0 unspecified atom stereocenters. The Labute approximate surface area is 184 Å². The summed E-state index contributed by atoms with van der Waals surface area (Å²) in [5.41, 5.74) is 1.58. The predicted molar refractivity (Wildman–Crippen MR) is 119 cm³/mol. The SMILES string of the molecule is COc1cc(C(=O)N(C)Cc2cnn(C)c2)ccc1OC1CCN(C2CCCC2)CC1. The number of hydrogen-bond acceptors (Lipinski definition) is 5. The van der Waals surface area contributed by atoms with Crippen LogP contribution in [-0.2, 0) is 13.6 Å². The molecule has 7 heteroatoms. The first-order valence-corrected chi connectivity index (χ1v) is 11.3. The second kappa shape index (κ2) is 9.73. The zero-order valence-electron chi connectivity index (χ0n) is 18.9. The zero-order valence-corrected chi connectivity index (χ0v) is 18.9. The minimum Gasteiger partial charge on any atom is -0.493 e. The average molecular weight is 427 g/mol. The van der Waals surface area contributed by atoms with Crippen molar-refractivity contribution in [3.8, 4) is 11.5 Å². The van der Waals surface area contributed by atoms with E-state index in [1.165, 1.54) is 25.7 Å². The summed E-state index contributed by atoms with van der Waals surface area (Å²) in [4.78, 5) is 17.2. The van der Waals surface area contributed by atoms with Gasteiger partial charge in [-0.1, -0.05) is 12.8 Å². The molecule has 2 fully saturated rings. The van der Waals surface area contributed by atoms with Crippen LogP contribution in [0.1, 0.15) is 54.4 Å². The normalized spacial score (nSPS) is 18.3. The Morgan fingerprint density at radius 2 is 1.90 bits per heavy atom. The molecule has 1 aliphatic carbocycles. The van der Waals surface area contributed by atoms with Gasteiger partial charge in [-0.3, -0.25) is 9.48 Å². The lowest BCUT2D eigenvalue weighted by atomic mass is 10.0. The van der Waals surface area contributed by atoms with E-state index >= 15 is 0 Å². The molecule has 2 aliphatic rings. The summed E-state index contributed by atoms with van der Waals surface area (Å²) in [6, 6.07) is 6.26. The van der Waals surface area contributed by atoms with Gasteiger partial charge >= 0.3 is 0 Å². The summed E-state index contributed by atoms with van der Waals surface area (Å²) in [5.74, 6) is 1.27. The van der Waals surface area contributed by atoms with Crippen LogP contribution in [-0.4, -0.2) is 64.9 Å². The molecule has 7 nitrogen and oxygen atoms in total. The number of amides is 1. The summed E-state index contributed by atoms with van der Waals surface area (Å²) in [6.07, 6.45) is 11.4. The Balaban J connectivity index is 1.36. The second-order valence-electron chi connectivity index (χ2n) is 8.84. The third-order valence-corrected chi connectivity index (χ3v) is 6.55. The van der Waals surface area contributed by atoms with Crippen molar-refractivity contribution in [2.75, 3.05) is 27.2 Å². The first kappa shape index (κ1) is 21.7. The highest BCUT2D eigenvalue weighted by Gasteiger charge is 2.28. The number of rotatable bonds is 7. The molecule has 31 heavy (non-hydrogen) atoms. The smallest absolute Gasteiger partial charge is 0.254 e. The van der Waals surface area contributed by atoms with E-state index in [1.54, 1.807) is 36.0 Å². The molecule has 0 bridgehead atoms. The van der Waals surface area contributed by atoms with Crippen molar-refractivity contribution < 1.29 is 14.3 Å². The van der Waals surface area contributed by atoms with Crippen LogP contribution in [0.15, 0.2) is 30.6 Å². The Morgan fingerprint density at radius 3 is 2.55 bits per heavy atom. The van der Waals surface area contributed by atoms with Gasteiger partial charge in [0.15, 0.2) is 11.5 Å². The number of ether oxygens (including phenoxy) is 2. The number of likely N-dealkylation sites (tertiary alicyclic amines) is 1. The van der Waals surface area contributed by atoms with Crippen molar-refractivity contribution >= 4 is 5.91 Å². The van der Waals surface area contributed by atoms with Crippen molar-refractivity contribution in [3.63, 3.8) is 0 Å². The number of piperidine rings is 1. The number of carbonyl (C=O) groups excluding carboxylic acids is 1. The van der Waals surface area contributed by atoms with Crippen LogP contribution in [0.2, 0.25) is 0 Å². The molecule has 1 amide bonds. The van der Waals surface area contributed by atoms with Crippen LogP contribution in [0.25, 0.3) is 0 Å². The second-order valence-corrected chi connectivity index (χ2v) is 8.84. The fourth-order valence-electron chi connectivity index (χ4n) is 4.83. The Kier molecular flexibility index (Phi) is 6.80. The fourth-order valence-corrected chi connectivity index (χ4v) is 4.83. The van der Waals surface area contributed by atoms with Gasteiger partial charge in [-0.05, 0) is 43.9 Å². The van der Waals surface area contributed by atoms with Gasteiger partial charge in [-0.15, -0.1) is 0 Å². The molecule has 1 aliphatic heterocycles. The van der Waals surface area contributed by atoms with Gasteiger partial charge in [0.2, 0.25) is 0 Å². The molecule has 1 saturated heterocycles. The fraction of sp³-hybridized carbons (Fsp3) is 0.583. The number of nitrogens with zero attached hydrogens (tertiary/aromatic N) is 4. The van der Waals surface area contributed by atoms with Gasteiger partial charge in [0.1, 0.15) is 6.10 Å². The quantitative estimate of drug-likeness (QED) is 0.678. The van der Waals surface area contributed by atoms with Crippen molar-refractivity contribution in [1.82, 2.24) is 19.6 Å². The van der Waals surface area contributed by atoms with E-state index in [-0.39, 0.29) is 12.0 Å². The molecule has 1 aromatic heterocycles.